The fourth-order valence-corrected chi connectivity index (χ4v) is 2.92. The number of rotatable bonds is 6. The molecule has 3 rings (SSSR count). The Morgan fingerprint density at radius 1 is 0.828 bits per heavy atom. The molecule has 3 aromatic carbocycles. The highest BCUT2D eigenvalue weighted by Gasteiger charge is 2.23. The third-order valence-corrected chi connectivity index (χ3v) is 4.72. The zero-order valence-electron chi connectivity index (χ0n) is 15.6. The summed E-state index contributed by atoms with van der Waals surface area (Å²) < 4.78 is 6.19. The van der Waals surface area contributed by atoms with Crippen LogP contribution in [0.5, 0.6) is 0 Å². The summed E-state index contributed by atoms with van der Waals surface area (Å²) in [6, 6.07) is 22.1. The SMILES string of the molecule is CC(OC(=O)c1ccccc1C(=O)c1ccccc1)C(=O)Nc1ccc(Br)cc1. The third kappa shape index (κ3) is 5.18. The summed E-state index contributed by atoms with van der Waals surface area (Å²) in [6.07, 6.45) is -1.04. The molecule has 0 aromatic heterocycles. The molecular formula is C23H18BrNO4. The highest BCUT2D eigenvalue weighted by atomic mass is 79.9. The first kappa shape index (κ1) is 20.5. The first-order valence-electron chi connectivity index (χ1n) is 8.92. The molecule has 6 heteroatoms. The average Bonchev–Trinajstić information content (AvgIpc) is 2.75. The van der Waals surface area contributed by atoms with Gasteiger partial charge in [-0.25, -0.2) is 4.79 Å². The zero-order chi connectivity index (χ0) is 20.8. The van der Waals surface area contributed by atoms with Crippen LogP contribution in [0.1, 0.15) is 33.2 Å². The fourth-order valence-electron chi connectivity index (χ4n) is 2.66. The van der Waals surface area contributed by atoms with E-state index in [4.69, 9.17) is 4.74 Å². The molecule has 0 aliphatic heterocycles. The lowest BCUT2D eigenvalue weighted by molar-refractivity contribution is -0.123. The number of halogens is 1. The van der Waals surface area contributed by atoms with Crippen LogP contribution in [0.2, 0.25) is 0 Å². The molecule has 1 amide bonds. The fraction of sp³-hybridized carbons (Fsp3) is 0.0870. The van der Waals surface area contributed by atoms with Crippen molar-refractivity contribution in [3.05, 3.63) is 100 Å². The Balaban J connectivity index is 1.73. The van der Waals surface area contributed by atoms with Gasteiger partial charge in [-0.2, -0.15) is 0 Å². The van der Waals surface area contributed by atoms with E-state index in [0.717, 1.165) is 4.47 Å². The lowest BCUT2D eigenvalue weighted by Crippen LogP contribution is -2.30. The van der Waals surface area contributed by atoms with Crippen molar-refractivity contribution in [2.45, 2.75) is 13.0 Å². The van der Waals surface area contributed by atoms with E-state index in [9.17, 15) is 14.4 Å². The number of anilines is 1. The first-order valence-corrected chi connectivity index (χ1v) is 9.71. The quantitative estimate of drug-likeness (QED) is 0.428. The molecule has 0 aliphatic rings. The molecule has 0 bridgehead atoms. The number of esters is 1. The van der Waals surface area contributed by atoms with Crippen molar-refractivity contribution < 1.29 is 19.1 Å². The molecule has 146 valence electrons. The second-order valence-corrected chi connectivity index (χ2v) is 7.20. The Kier molecular flexibility index (Phi) is 6.57. The third-order valence-electron chi connectivity index (χ3n) is 4.19. The molecule has 0 aliphatic carbocycles. The van der Waals surface area contributed by atoms with Crippen molar-refractivity contribution in [2.75, 3.05) is 5.32 Å². The van der Waals surface area contributed by atoms with Crippen LogP contribution in [-0.2, 0) is 9.53 Å². The largest absolute Gasteiger partial charge is 0.449 e. The monoisotopic (exact) mass is 451 g/mol. The van der Waals surface area contributed by atoms with Gasteiger partial charge in [0.15, 0.2) is 11.9 Å². The highest BCUT2D eigenvalue weighted by Crippen LogP contribution is 2.18. The van der Waals surface area contributed by atoms with Crippen LogP contribution in [0.4, 0.5) is 5.69 Å². The lowest BCUT2D eigenvalue weighted by atomic mass is 9.98. The Morgan fingerprint density at radius 2 is 1.41 bits per heavy atom. The number of hydrogen-bond acceptors (Lipinski definition) is 4. The van der Waals surface area contributed by atoms with Gasteiger partial charge in [-0.1, -0.05) is 64.5 Å². The van der Waals surface area contributed by atoms with Gasteiger partial charge in [0.05, 0.1) is 5.56 Å². The van der Waals surface area contributed by atoms with Gasteiger partial charge in [0.1, 0.15) is 0 Å². The highest BCUT2D eigenvalue weighted by molar-refractivity contribution is 9.10. The van der Waals surface area contributed by atoms with E-state index in [1.165, 1.54) is 13.0 Å². The molecular weight excluding hydrogens is 434 g/mol. The van der Waals surface area contributed by atoms with Gasteiger partial charge in [0.2, 0.25) is 0 Å². The summed E-state index contributed by atoms with van der Waals surface area (Å²) in [5.74, 6) is -1.49. The van der Waals surface area contributed by atoms with E-state index in [0.29, 0.717) is 11.3 Å². The van der Waals surface area contributed by atoms with Gasteiger partial charge in [-0.15, -0.1) is 0 Å². The van der Waals surface area contributed by atoms with E-state index in [1.54, 1.807) is 66.7 Å². The predicted molar refractivity (Wildman–Crippen MR) is 114 cm³/mol. The number of carbonyl (C=O) groups is 3. The number of benzene rings is 3. The Bertz CT molecular complexity index is 1030. The van der Waals surface area contributed by atoms with Gasteiger partial charge in [-0.05, 0) is 37.3 Å². The maximum atomic E-state index is 12.8. The van der Waals surface area contributed by atoms with Crippen molar-refractivity contribution in [2.24, 2.45) is 0 Å². The van der Waals surface area contributed by atoms with Crippen LogP contribution in [-0.4, -0.2) is 23.8 Å². The summed E-state index contributed by atoms with van der Waals surface area (Å²) >= 11 is 3.32. The van der Waals surface area contributed by atoms with Gasteiger partial charge in [-0.3, -0.25) is 9.59 Å². The number of ketones is 1. The minimum absolute atomic E-state index is 0.115. The van der Waals surface area contributed by atoms with E-state index < -0.39 is 18.0 Å². The van der Waals surface area contributed by atoms with Crippen LogP contribution in [0, 0.1) is 0 Å². The molecule has 1 N–H and O–H groups in total. The van der Waals surface area contributed by atoms with E-state index in [-0.39, 0.29) is 16.9 Å². The molecule has 29 heavy (non-hydrogen) atoms. The maximum Gasteiger partial charge on any atom is 0.339 e. The van der Waals surface area contributed by atoms with E-state index in [2.05, 4.69) is 21.2 Å². The van der Waals surface area contributed by atoms with Crippen molar-refractivity contribution in [1.82, 2.24) is 0 Å². The zero-order valence-corrected chi connectivity index (χ0v) is 17.2. The van der Waals surface area contributed by atoms with Gasteiger partial charge < -0.3 is 10.1 Å². The minimum atomic E-state index is -1.04. The number of ether oxygens (including phenoxy) is 1. The van der Waals surface area contributed by atoms with E-state index >= 15 is 0 Å². The molecule has 0 saturated carbocycles. The summed E-state index contributed by atoms with van der Waals surface area (Å²) in [5, 5.41) is 2.69. The standard InChI is InChI=1S/C23H18BrNO4/c1-15(22(27)25-18-13-11-17(24)12-14-18)29-23(28)20-10-6-5-9-19(20)21(26)16-7-3-2-4-8-16/h2-15H,1H3,(H,25,27). The number of nitrogens with one attached hydrogen (secondary N) is 1. The summed E-state index contributed by atoms with van der Waals surface area (Å²) in [5.41, 5.74) is 1.39. The molecule has 3 aromatic rings. The molecule has 0 radical (unpaired) electrons. The molecule has 5 nitrogen and oxygen atoms in total. The molecule has 1 unspecified atom stereocenters. The number of hydrogen-bond donors (Lipinski definition) is 1. The number of carbonyl (C=O) groups excluding carboxylic acids is 3. The Labute approximate surface area is 176 Å². The lowest BCUT2D eigenvalue weighted by Gasteiger charge is -2.15. The van der Waals surface area contributed by atoms with Crippen LogP contribution in [0.3, 0.4) is 0 Å². The smallest absolute Gasteiger partial charge is 0.339 e. The van der Waals surface area contributed by atoms with E-state index in [1.807, 2.05) is 6.07 Å². The summed E-state index contributed by atoms with van der Waals surface area (Å²) in [6.45, 7) is 1.48. The Hall–Kier alpha value is -3.25. The van der Waals surface area contributed by atoms with Crippen molar-refractivity contribution in [1.29, 1.82) is 0 Å². The van der Waals surface area contributed by atoms with Gasteiger partial charge in [0.25, 0.3) is 5.91 Å². The van der Waals surface area contributed by atoms with Gasteiger partial charge in [0, 0.05) is 21.3 Å². The molecule has 0 fully saturated rings. The predicted octanol–water partition coefficient (Wildman–Crippen LogP) is 4.86. The van der Waals surface area contributed by atoms with Crippen molar-refractivity contribution >= 4 is 39.3 Å². The maximum absolute atomic E-state index is 12.8. The van der Waals surface area contributed by atoms with Gasteiger partial charge >= 0.3 is 5.97 Å². The second kappa shape index (κ2) is 9.30. The van der Waals surface area contributed by atoms with Crippen molar-refractivity contribution in [3.8, 4) is 0 Å². The molecule has 0 saturated heterocycles. The Morgan fingerprint density at radius 3 is 2.07 bits per heavy atom. The first-order chi connectivity index (χ1) is 14.0. The second-order valence-electron chi connectivity index (χ2n) is 6.28. The molecule has 0 heterocycles. The molecule has 0 spiro atoms. The van der Waals surface area contributed by atoms with Crippen LogP contribution in [0.15, 0.2) is 83.3 Å². The summed E-state index contributed by atoms with van der Waals surface area (Å²) in [4.78, 5) is 37.8. The number of amides is 1. The average molecular weight is 452 g/mol. The molecule has 1 atom stereocenters. The van der Waals surface area contributed by atoms with Crippen LogP contribution >= 0.6 is 15.9 Å². The van der Waals surface area contributed by atoms with Crippen LogP contribution in [0.25, 0.3) is 0 Å². The minimum Gasteiger partial charge on any atom is -0.449 e. The van der Waals surface area contributed by atoms with Crippen molar-refractivity contribution in [3.63, 3.8) is 0 Å². The van der Waals surface area contributed by atoms with Crippen LogP contribution < -0.4 is 5.32 Å². The normalized spacial score (nSPS) is 11.4. The topological polar surface area (TPSA) is 72.5 Å². The summed E-state index contributed by atoms with van der Waals surface area (Å²) in [7, 11) is 0.